The minimum atomic E-state index is -1.02. The van der Waals surface area contributed by atoms with E-state index in [0.29, 0.717) is 32.7 Å². The molecule has 0 aliphatic carbocycles. The largest absolute Gasteiger partial charge is 0.492 e. The number of rotatable bonds is 15. The molecule has 1 aliphatic heterocycles. The van der Waals surface area contributed by atoms with E-state index in [1.807, 2.05) is 51.1 Å². The van der Waals surface area contributed by atoms with Crippen LogP contribution in [0.3, 0.4) is 0 Å². The zero-order chi connectivity index (χ0) is 29.0. The number of benzene rings is 1. The van der Waals surface area contributed by atoms with Gasteiger partial charge in [-0.15, -0.1) is 0 Å². The average Bonchev–Trinajstić information content (AvgIpc) is 2.92. The lowest BCUT2D eigenvalue weighted by molar-refractivity contribution is -0.139. The van der Waals surface area contributed by atoms with Gasteiger partial charge in [0.15, 0.2) is 0 Å². The lowest BCUT2D eigenvalue weighted by atomic mass is 9.96. The molecule has 1 atom stereocenters. The number of para-hydroxylation sites is 1. The summed E-state index contributed by atoms with van der Waals surface area (Å²) in [5, 5.41) is 15.9. The minimum Gasteiger partial charge on any atom is -0.492 e. The summed E-state index contributed by atoms with van der Waals surface area (Å²) in [5.41, 5.74) is 2.32. The number of hydrogen-bond acceptors (Lipinski definition) is 6. The first-order chi connectivity index (χ1) is 19.1. The van der Waals surface area contributed by atoms with Crippen LogP contribution in [0.4, 0.5) is 10.6 Å². The van der Waals surface area contributed by atoms with Crippen molar-refractivity contribution in [2.24, 2.45) is 5.41 Å². The monoisotopic (exact) mass is 553 g/mol. The number of carboxylic acids is 1. The maximum absolute atomic E-state index is 12.7. The van der Waals surface area contributed by atoms with E-state index in [4.69, 9.17) is 9.72 Å². The Labute approximate surface area is 239 Å². The zero-order valence-corrected chi connectivity index (χ0v) is 24.6. The fraction of sp³-hybridized carbons (Fsp3) is 0.581. The van der Waals surface area contributed by atoms with Crippen molar-refractivity contribution in [3.63, 3.8) is 0 Å². The summed E-state index contributed by atoms with van der Waals surface area (Å²) in [4.78, 5) is 33.2. The van der Waals surface area contributed by atoms with E-state index in [9.17, 15) is 14.7 Å². The maximum atomic E-state index is 12.7. The van der Waals surface area contributed by atoms with Gasteiger partial charge in [-0.1, -0.05) is 45.0 Å². The van der Waals surface area contributed by atoms with Gasteiger partial charge in [-0.05, 0) is 74.2 Å². The Balaban J connectivity index is 1.52. The number of aliphatic carboxylic acids is 1. The molecule has 1 aromatic carbocycles. The normalized spacial score (nSPS) is 13.7. The fourth-order valence-corrected chi connectivity index (χ4v) is 4.91. The second-order valence-corrected chi connectivity index (χ2v) is 11.8. The van der Waals surface area contributed by atoms with Crippen LogP contribution in [0.5, 0.6) is 5.75 Å². The van der Waals surface area contributed by atoms with Crippen LogP contribution in [0.15, 0.2) is 42.5 Å². The molecule has 220 valence electrons. The summed E-state index contributed by atoms with van der Waals surface area (Å²) in [6.07, 6.45) is 5.39. The smallest absolute Gasteiger partial charge is 0.326 e. The number of fused-ring (bicyclic) bond motifs is 1. The van der Waals surface area contributed by atoms with Crippen LogP contribution < -0.4 is 15.4 Å². The first-order valence-corrected chi connectivity index (χ1v) is 14.5. The van der Waals surface area contributed by atoms with Gasteiger partial charge in [-0.25, -0.2) is 14.6 Å². The van der Waals surface area contributed by atoms with Crippen molar-refractivity contribution in [1.82, 2.24) is 20.1 Å². The molecule has 0 saturated carbocycles. The van der Waals surface area contributed by atoms with E-state index in [0.717, 1.165) is 62.5 Å². The standard InChI is InChI=1S/C31H47N5O4/c1-31(2,3)23-35(4)30(39)34-27(29(37)38)17-20-36(21-22-40-26-13-6-5-7-14-26)19-9-8-12-25-16-15-24-11-10-18-32-28(24)33-25/h5-7,13-16,27H,8-12,17-23H2,1-4H3,(H,32,33)(H,34,39)(H,37,38). The predicted molar refractivity (Wildman–Crippen MR) is 159 cm³/mol. The Morgan fingerprint density at radius 3 is 2.60 bits per heavy atom. The Hall–Kier alpha value is -3.33. The number of carboxylic acid groups (broad SMARTS) is 1. The number of hydrogen-bond donors (Lipinski definition) is 3. The Morgan fingerprint density at radius 1 is 1.10 bits per heavy atom. The topological polar surface area (TPSA) is 107 Å². The van der Waals surface area contributed by atoms with Gasteiger partial charge in [0.05, 0.1) is 0 Å². The summed E-state index contributed by atoms with van der Waals surface area (Å²) in [6, 6.07) is 12.7. The van der Waals surface area contributed by atoms with E-state index in [1.54, 1.807) is 11.9 Å². The minimum absolute atomic E-state index is 0.0779. The number of unbranched alkanes of at least 4 members (excludes halogenated alkanes) is 1. The molecule has 1 aliphatic rings. The van der Waals surface area contributed by atoms with Crippen LogP contribution in [0.25, 0.3) is 0 Å². The highest BCUT2D eigenvalue weighted by molar-refractivity contribution is 5.82. The second kappa shape index (κ2) is 15.5. The van der Waals surface area contributed by atoms with Gasteiger partial charge in [0.1, 0.15) is 24.2 Å². The number of aromatic nitrogens is 1. The molecule has 9 nitrogen and oxygen atoms in total. The second-order valence-electron chi connectivity index (χ2n) is 11.8. The highest BCUT2D eigenvalue weighted by Crippen LogP contribution is 2.20. The van der Waals surface area contributed by atoms with Gasteiger partial charge in [0.2, 0.25) is 0 Å². The molecule has 0 spiro atoms. The average molecular weight is 554 g/mol. The number of carbonyl (C=O) groups is 2. The molecule has 9 heteroatoms. The number of pyridine rings is 1. The van der Waals surface area contributed by atoms with Gasteiger partial charge in [0.25, 0.3) is 0 Å². The summed E-state index contributed by atoms with van der Waals surface area (Å²) in [6.45, 7) is 10.2. The van der Waals surface area contributed by atoms with Gasteiger partial charge >= 0.3 is 12.0 Å². The molecule has 0 saturated heterocycles. The SMILES string of the molecule is CN(CC(C)(C)C)C(=O)NC(CCN(CCCCc1ccc2c(n1)NCCC2)CCOc1ccccc1)C(=O)O. The molecule has 3 N–H and O–H groups in total. The van der Waals surface area contributed by atoms with Crippen LogP contribution in [-0.2, 0) is 17.6 Å². The Kier molecular flexibility index (Phi) is 12.1. The van der Waals surface area contributed by atoms with Gasteiger partial charge in [-0.2, -0.15) is 0 Å². The lowest BCUT2D eigenvalue weighted by Crippen LogP contribution is -2.49. The number of nitrogens with zero attached hydrogens (tertiary/aromatic N) is 3. The number of nitrogens with one attached hydrogen (secondary N) is 2. The molecular formula is C31H47N5O4. The third-order valence-electron chi connectivity index (χ3n) is 6.92. The molecular weight excluding hydrogens is 506 g/mol. The van der Waals surface area contributed by atoms with Gasteiger partial charge in [0, 0.05) is 38.9 Å². The predicted octanol–water partition coefficient (Wildman–Crippen LogP) is 4.67. The van der Waals surface area contributed by atoms with Crippen LogP contribution in [0.1, 0.15) is 57.7 Å². The van der Waals surface area contributed by atoms with Crippen LogP contribution in [-0.4, -0.2) is 84.3 Å². The number of aryl methyl sites for hydroxylation is 2. The molecule has 2 amide bonds. The fourth-order valence-electron chi connectivity index (χ4n) is 4.91. The third kappa shape index (κ3) is 11.0. The zero-order valence-electron chi connectivity index (χ0n) is 24.6. The van der Waals surface area contributed by atoms with Crippen molar-refractivity contribution in [3.05, 3.63) is 53.7 Å². The summed E-state index contributed by atoms with van der Waals surface area (Å²) in [5.74, 6) is 0.815. The van der Waals surface area contributed by atoms with Crippen molar-refractivity contribution < 1.29 is 19.4 Å². The van der Waals surface area contributed by atoms with Crippen molar-refractivity contribution in [1.29, 1.82) is 0 Å². The van der Waals surface area contributed by atoms with Crippen molar-refractivity contribution >= 4 is 17.8 Å². The van der Waals surface area contributed by atoms with Crippen molar-refractivity contribution in [2.45, 2.75) is 65.3 Å². The van der Waals surface area contributed by atoms with E-state index < -0.39 is 12.0 Å². The Morgan fingerprint density at radius 2 is 1.88 bits per heavy atom. The first-order valence-electron chi connectivity index (χ1n) is 14.5. The van der Waals surface area contributed by atoms with E-state index in [2.05, 4.69) is 27.7 Å². The Bertz CT molecular complexity index is 1070. The number of amides is 2. The molecule has 0 fully saturated rings. The highest BCUT2D eigenvalue weighted by atomic mass is 16.5. The summed E-state index contributed by atoms with van der Waals surface area (Å²) >= 11 is 0. The number of carbonyl (C=O) groups excluding carboxylic acids is 1. The third-order valence-corrected chi connectivity index (χ3v) is 6.92. The number of urea groups is 1. The summed E-state index contributed by atoms with van der Waals surface area (Å²) in [7, 11) is 1.69. The molecule has 2 heterocycles. The van der Waals surface area contributed by atoms with E-state index in [1.165, 1.54) is 5.56 Å². The molecule has 1 aromatic heterocycles. The quantitative estimate of drug-likeness (QED) is 0.275. The van der Waals surface area contributed by atoms with E-state index >= 15 is 0 Å². The molecule has 0 bridgehead atoms. The van der Waals surface area contributed by atoms with E-state index in [-0.39, 0.29) is 11.4 Å². The lowest BCUT2D eigenvalue weighted by Gasteiger charge is -2.29. The van der Waals surface area contributed by atoms with Crippen LogP contribution in [0, 0.1) is 5.41 Å². The summed E-state index contributed by atoms with van der Waals surface area (Å²) < 4.78 is 5.91. The van der Waals surface area contributed by atoms with Gasteiger partial charge in [-0.3, -0.25) is 4.90 Å². The van der Waals surface area contributed by atoms with Crippen LogP contribution in [0.2, 0.25) is 0 Å². The van der Waals surface area contributed by atoms with Gasteiger partial charge < -0.3 is 25.4 Å². The number of anilines is 1. The number of ether oxygens (including phenoxy) is 1. The molecule has 1 unspecified atom stereocenters. The maximum Gasteiger partial charge on any atom is 0.326 e. The molecule has 2 aromatic rings. The van der Waals surface area contributed by atoms with Crippen molar-refractivity contribution in [3.8, 4) is 5.75 Å². The first kappa shape index (κ1) is 31.2. The molecule has 0 radical (unpaired) electrons. The molecule has 40 heavy (non-hydrogen) atoms. The molecule has 3 rings (SSSR count). The van der Waals surface area contributed by atoms with Crippen molar-refractivity contribution in [2.75, 3.05) is 51.7 Å². The van der Waals surface area contributed by atoms with Crippen LogP contribution >= 0.6 is 0 Å². The highest BCUT2D eigenvalue weighted by Gasteiger charge is 2.24.